The molecule has 0 radical (unpaired) electrons. The lowest BCUT2D eigenvalue weighted by Gasteiger charge is -2.62. The minimum atomic E-state index is -1.95. The molecule has 338 valence electrons. The number of phenolic OH excluding ortho intramolecular Hbond substituents is 1. The van der Waals surface area contributed by atoms with Crippen LogP contribution in [0.25, 0.3) is 0 Å². The van der Waals surface area contributed by atoms with E-state index < -0.39 is 72.0 Å². The number of ether oxygens (including phenoxy) is 9. The number of hydrogen-bond acceptors (Lipinski definition) is 18. The molecule has 18 nitrogen and oxygen atoms in total. The van der Waals surface area contributed by atoms with Gasteiger partial charge >= 0.3 is 24.2 Å². The molecule has 2 N–H and O–H groups in total. The van der Waals surface area contributed by atoms with Crippen LogP contribution < -0.4 is 28.4 Å². The van der Waals surface area contributed by atoms with E-state index in [-0.39, 0.29) is 48.5 Å². The van der Waals surface area contributed by atoms with Crippen LogP contribution in [0.2, 0.25) is 0 Å². The van der Waals surface area contributed by atoms with E-state index in [2.05, 4.69) is 13.2 Å². The molecule has 7 aliphatic heterocycles. The Hall–Kier alpha value is -6.15. The molecule has 1 unspecified atom stereocenters. The van der Waals surface area contributed by atoms with Crippen molar-refractivity contribution in [3.63, 3.8) is 0 Å². The molecule has 2 fully saturated rings. The van der Waals surface area contributed by atoms with E-state index in [0.717, 1.165) is 23.7 Å². The molecule has 3 aromatic rings. The number of aliphatic hydroxyl groups is 1. The number of fused-ring (bicyclic) bond motifs is 9. The highest BCUT2D eigenvalue weighted by Gasteiger charge is 2.63. The summed E-state index contributed by atoms with van der Waals surface area (Å²) in [6.45, 7) is 11.3. The number of amides is 1. The summed E-state index contributed by atoms with van der Waals surface area (Å²) in [5, 5.41) is 24.1. The van der Waals surface area contributed by atoms with Crippen LogP contribution in [0.5, 0.6) is 40.2 Å². The van der Waals surface area contributed by atoms with Crippen molar-refractivity contribution in [3.8, 4) is 40.2 Å². The van der Waals surface area contributed by atoms with E-state index in [9.17, 15) is 24.6 Å². The second-order valence-electron chi connectivity index (χ2n) is 16.3. The van der Waals surface area contributed by atoms with Gasteiger partial charge < -0.3 is 52.8 Å². The molecule has 3 aromatic carbocycles. The molecule has 7 heterocycles. The first kappa shape index (κ1) is 43.1. The summed E-state index contributed by atoms with van der Waals surface area (Å²) < 4.78 is 52.0. The first-order chi connectivity index (χ1) is 30.7. The van der Waals surface area contributed by atoms with Gasteiger partial charge in [0, 0.05) is 47.5 Å². The maximum atomic E-state index is 15.4. The van der Waals surface area contributed by atoms with Gasteiger partial charge in [-0.05, 0) is 68.1 Å². The highest BCUT2D eigenvalue weighted by atomic mass is 32.2. The van der Waals surface area contributed by atoms with Crippen molar-refractivity contribution in [2.75, 3.05) is 47.0 Å². The van der Waals surface area contributed by atoms with Gasteiger partial charge in [0.05, 0.1) is 50.1 Å². The Bertz CT molecular complexity index is 2530. The Morgan fingerprint density at radius 2 is 1.69 bits per heavy atom. The fourth-order valence-electron chi connectivity index (χ4n) is 10.7. The van der Waals surface area contributed by atoms with Crippen LogP contribution in [0, 0.1) is 13.8 Å². The molecule has 10 rings (SSSR count). The zero-order valence-corrected chi connectivity index (χ0v) is 36.8. The Balaban J connectivity index is 1.32. The van der Waals surface area contributed by atoms with Crippen molar-refractivity contribution in [2.24, 2.45) is 0 Å². The summed E-state index contributed by atoms with van der Waals surface area (Å²) in [5.74, 6) is -0.470. The third kappa shape index (κ3) is 6.26. The lowest BCUT2D eigenvalue weighted by molar-refractivity contribution is -0.188. The average molecular weight is 902 g/mol. The zero-order chi connectivity index (χ0) is 45.5. The van der Waals surface area contributed by atoms with Gasteiger partial charge in [-0.1, -0.05) is 19.2 Å². The van der Waals surface area contributed by atoms with Gasteiger partial charge in [0.1, 0.15) is 18.6 Å². The van der Waals surface area contributed by atoms with E-state index in [1.54, 1.807) is 13.0 Å². The maximum Gasteiger partial charge on any atom is 0.518 e. The van der Waals surface area contributed by atoms with Crippen molar-refractivity contribution in [1.82, 2.24) is 14.7 Å². The molecule has 1 amide bonds. The summed E-state index contributed by atoms with van der Waals surface area (Å²) in [6, 6.07) is 2.17. The predicted molar refractivity (Wildman–Crippen MR) is 226 cm³/mol. The number of esters is 2. The number of nitrogens with zero attached hydrogens (tertiary/aromatic N) is 3. The van der Waals surface area contributed by atoms with Gasteiger partial charge in [-0.3, -0.25) is 19.5 Å². The molecule has 7 aliphatic rings. The van der Waals surface area contributed by atoms with Crippen molar-refractivity contribution < 1.29 is 72.0 Å². The van der Waals surface area contributed by atoms with Crippen LogP contribution in [0.1, 0.15) is 68.8 Å². The smallest absolute Gasteiger partial charge is 0.504 e. The molecule has 7 atom stereocenters. The summed E-state index contributed by atoms with van der Waals surface area (Å²) in [5.41, 5.74) is 2.54. The number of thioether (sulfide) groups is 1. The highest BCUT2D eigenvalue weighted by molar-refractivity contribution is 7.99. The number of hydrogen-bond donors (Lipinski definition) is 2. The molecule has 0 aromatic heterocycles. The predicted octanol–water partition coefficient (Wildman–Crippen LogP) is 5.36. The SMILES string of the molecule is C=COC(=O)Oc1cc2c(cc1OC)[C@@]1(CS[C@@H]3c4c(OC(C)=O)c(C)c5c(c4[C@H](COC1=O)N1C3[C@H]3c4c(cc(C)c(OC)c4O)C[C@@H]([C@@H]1O)N3C)OCO5)N(C(=O)OC=C)CC2. The van der Waals surface area contributed by atoms with Gasteiger partial charge in [0.15, 0.2) is 40.0 Å². The van der Waals surface area contributed by atoms with Crippen molar-refractivity contribution in [2.45, 2.75) is 74.8 Å². The summed E-state index contributed by atoms with van der Waals surface area (Å²) in [4.78, 5) is 60.4. The van der Waals surface area contributed by atoms with E-state index in [4.69, 9.17) is 42.6 Å². The zero-order valence-electron chi connectivity index (χ0n) is 36.0. The van der Waals surface area contributed by atoms with Crippen LogP contribution in [0.15, 0.2) is 43.9 Å². The first-order valence-corrected chi connectivity index (χ1v) is 21.6. The number of likely N-dealkylation sites (N-methyl/N-ethyl adjacent to an activating group) is 1. The average Bonchev–Trinajstić information content (AvgIpc) is 3.75. The van der Waals surface area contributed by atoms with Crippen molar-refractivity contribution >= 4 is 35.9 Å². The minimum Gasteiger partial charge on any atom is -0.504 e. The number of methoxy groups -OCH3 is 2. The number of aromatic hydroxyl groups is 1. The normalized spacial score (nSPS) is 26.3. The monoisotopic (exact) mass is 901 g/mol. The Labute approximate surface area is 372 Å². The topological polar surface area (TPSA) is 202 Å². The van der Waals surface area contributed by atoms with Crippen LogP contribution in [0.3, 0.4) is 0 Å². The van der Waals surface area contributed by atoms with Crippen molar-refractivity contribution in [1.29, 1.82) is 0 Å². The lowest BCUT2D eigenvalue weighted by Crippen LogP contribution is -2.70. The lowest BCUT2D eigenvalue weighted by atomic mass is 9.73. The number of phenols is 1. The van der Waals surface area contributed by atoms with E-state index in [1.807, 2.05) is 29.8 Å². The summed E-state index contributed by atoms with van der Waals surface area (Å²) >= 11 is 1.26. The Morgan fingerprint density at radius 3 is 2.39 bits per heavy atom. The molecule has 2 saturated heterocycles. The molecule has 64 heavy (non-hydrogen) atoms. The molecular formula is C45H47N3O15S. The quantitative estimate of drug-likeness (QED) is 0.105. The molecule has 0 aliphatic carbocycles. The van der Waals surface area contributed by atoms with Gasteiger partial charge in [-0.15, -0.1) is 11.8 Å². The van der Waals surface area contributed by atoms with E-state index >= 15 is 4.79 Å². The largest absolute Gasteiger partial charge is 0.518 e. The Kier molecular flexibility index (Phi) is 10.9. The second-order valence-corrected chi connectivity index (χ2v) is 17.4. The first-order valence-electron chi connectivity index (χ1n) is 20.5. The Morgan fingerprint density at radius 1 is 0.938 bits per heavy atom. The number of aliphatic hydroxyl groups excluding tert-OH is 1. The number of carbonyl (C=O) groups excluding carboxylic acids is 4. The minimum absolute atomic E-state index is 0.0114. The number of aryl methyl sites for hydroxylation is 1. The number of rotatable bonds is 6. The molecule has 19 heteroatoms. The third-order valence-electron chi connectivity index (χ3n) is 13.2. The molecular weight excluding hydrogens is 855 g/mol. The van der Waals surface area contributed by atoms with Crippen LogP contribution >= 0.6 is 11.8 Å². The molecule has 4 bridgehead atoms. The fourth-order valence-corrected chi connectivity index (χ4v) is 12.5. The van der Waals surface area contributed by atoms with Crippen LogP contribution in [0.4, 0.5) is 9.59 Å². The van der Waals surface area contributed by atoms with Crippen LogP contribution in [-0.4, -0.2) is 114 Å². The van der Waals surface area contributed by atoms with E-state index in [1.165, 1.54) is 43.9 Å². The fraction of sp³-hybridized carbons (Fsp3) is 0.422. The number of benzene rings is 3. The van der Waals surface area contributed by atoms with Crippen LogP contribution in [-0.2, 0) is 42.2 Å². The van der Waals surface area contributed by atoms with Gasteiger partial charge in [-0.2, -0.15) is 0 Å². The summed E-state index contributed by atoms with van der Waals surface area (Å²) in [6.07, 6.45) is -0.696. The second kappa shape index (κ2) is 16.1. The summed E-state index contributed by atoms with van der Waals surface area (Å²) in [7, 11) is 4.74. The standard InChI is InChI=1S/C45H47N3O15S/c1-9-57-43(53)47-12-11-23-15-29(63-44(54)58-10-2)28(55-7)16-25(23)45(47)18-64-40-32-31(39-38(60-19-61-39)21(4)37(32)62-22(5)49)27(17-59-42(45)52)48-34(40)33-30-24(14-26(41(48)51)46(33)6)13-20(3)36(56-8)35(30)50/h9-10,13,15-16,26-27,33-34,40-41,50-51H,1-2,11-12,14,17-19H2,3-8H3/t26-,27-,33+,34?,40+,41-,45+/m0/s1. The molecule has 1 spiro atoms. The van der Waals surface area contributed by atoms with Gasteiger partial charge in [0.25, 0.3) is 0 Å². The number of carbonyl (C=O) groups is 4. The molecule has 0 saturated carbocycles. The van der Waals surface area contributed by atoms with Gasteiger partial charge in [0.2, 0.25) is 6.79 Å². The van der Waals surface area contributed by atoms with E-state index in [0.29, 0.717) is 57.1 Å². The van der Waals surface area contributed by atoms with Crippen molar-refractivity contribution in [3.05, 3.63) is 88.4 Å². The third-order valence-corrected chi connectivity index (χ3v) is 14.7. The highest BCUT2D eigenvalue weighted by Crippen LogP contribution is 2.65. The number of piperazine rings is 1. The van der Waals surface area contributed by atoms with Gasteiger partial charge in [-0.25, -0.2) is 14.4 Å². The maximum absolute atomic E-state index is 15.4.